The van der Waals surface area contributed by atoms with Gasteiger partial charge in [-0.05, 0) is 60.4 Å². The molecule has 0 atom stereocenters. The maximum atomic E-state index is 13.0. The van der Waals surface area contributed by atoms with Crippen LogP contribution in [0.5, 0.6) is 5.75 Å². The smallest absolute Gasteiger partial charge is 0.255 e. The van der Waals surface area contributed by atoms with Gasteiger partial charge in [-0.15, -0.1) is 0 Å². The minimum Gasteiger partial charge on any atom is -0.488 e. The van der Waals surface area contributed by atoms with E-state index in [1.165, 1.54) is 12.1 Å². The Morgan fingerprint density at radius 2 is 1.58 bits per heavy atom. The molecule has 0 unspecified atom stereocenters. The predicted octanol–water partition coefficient (Wildman–Crippen LogP) is 4.68. The zero-order valence-electron chi connectivity index (χ0n) is 16.9. The summed E-state index contributed by atoms with van der Waals surface area (Å²) in [5.41, 5.74) is 2.91. The molecule has 158 valence electrons. The van der Waals surface area contributed by atoms with E-state index in [0.717, 1.165) is 29.7 Å². The topological polar surface area (TPSA) is 67.4 Å². The Balaban J connectivity index is 1.33. The van der Waals surface area contributed by atoms with E-state index < -0.39 is 0 Å². The molecular formula is C25H23FN2O3. The van der Waals surface area contributed by atoms with Crippen LogP contribution in [-0.2, 0) is 17.9 Å². The van der Waals surface area contributed by atoms with Crippen molar-refractivity contribution in [3.05, 3.63) is 95.3 Å². The fourth-order valence-corrected chi connectivity index (χ4v) is 3.10. The van der Waals surface area contributed by atoms with Crippen molar-refractivity contribution in [3.63, 3.8) is 0 Å². The molecule has 31 heavy (non-hydrogen) atoms. The Morgan fingerprint density at radius 1 is 0.903 bits per heavy atom. The molecule has 2 N–H and O–H groups in total. The van der Waals surface area contributed by atoms with Gasteiger partial charge in [0.2, 0.25) is 5.91 Å². The number of anilines is 1. The van der Waals surface area contributed by atoms with Crippen molar-refractivity contribution in [1.29, 1.82) is 0 Å². The number of nitrogens with one attached hydrogen (secondary N) is 2. The van der Waals surface area contributed by atoms with Crippen molar-refractivity contribution in [2.75, 3.05) is 5.32 Å². The Hall–Kier alpha value is -3.67. The monoisotopic (exact) mass is 418 g/mol. The van der Waals surface area contributed by atoms with E-state index in [9.17, 15) is 14.0 Å². The number of rotatable bonds is 8. The molecule has 6 heteroatoms. The summed E-state index contributed by atoms with van der Waals surface area (Å²) in [5.74, 6) is 0.132. The molecule has 0 spiro atoms. The molecule has 0 aromatic heterocycles. The molecule has 0 saturated heterocycles. The lowest BCUT2D eigenvalue weighted by Gasteiger charge is -2.12. The van der Waals surface area contributed by atoms with E-state index in [4.69, 9.17) is 4.74 Å². The first-order valence-electron chi connectivity index (χ1n) is 10.2. The van der Waals surface area contributed by atoms with E-state index in [0.29, 0.717) is 17.9 Å². The van der Waals surface area contributed by atoms with Crippen LogP contribution in [0.1, 0.15) is 34.3 Å². The van der Waals surface area contributed by atoms with E-state index in [1.807, 2.05) is 24.3 Å². The number of carbonyl (C=O) groups is 2. The molecule has 3 aromatic carbocycles. The van der Waals surface area contributed by atoms with Gasteiger partial charge in [0.05, 0.1) is 5.56 Å². The summed E-state index contributed by atoms with van der Waals surface area (Å²) >= 11 is 0. The molecule has 0 heterocycles. The van der Waals surface area contributed by atoms with Gasteiger partial charge in [-0.1, -0.05) is 36.4 Å². The highest BCUT2D eigenvalue weighted by molar-refractivity contribution is 5.97. The van der Waals surface area contributed by atoms with Gasteiger partial charge in [0.1, 0.15) is 18.2 Å². The van der Waals surface area contributed by atoms with Gasteiger partial charge in [-0.2, -0.15) is 0 Å². The SMILES string of the molecule is O=C(NCc1ccc(NC(=O)C2CC2)cc1)c1ccccc1OCc1ccc(F)cc1. The third kappa shape index (κ3) is 5.69. The lowest BCUT2D eigenvalue weighted by Crippen LogP contribution is -2.23. The summed E-state index contributed by atoms with van der Waals surface area (Å²) in [6.07, 6.45) is 1.93. The highest BCUT2D eigenvalue weighted by Gasteiger charge is 2.29. The van der Waals surface area contributed by atoms with Crippen molar-refractivity contribution >= 4 is 17.5 Å². The molecule has 5 nitrogen and oxygen atoms in total. The number of halogens is 1. The van der Waals surface area contributed by atoms with Gasteiger partial charge in [-0.3, -0.25) is 9.59 Å². The summed E-state index contributed by atoms with van der Waals surface area (Å²) in [7, 11) is 0. The Kier molecular flexibility index (Phi) is 6.26. The number of amides is 2. The summed E-state index contributed by atoms with van der Waals surface area (Å²) < 4.78 is 18.8. The molecule has 2 amide bonds. The fraction of sp³-hybridized carbons (Fsp3) is 0.200. The Bertz CT molecular complexity index is 1060. The van der Waals surface area contributed by atoms with Gasteiger partial charge in [0, 0.05) is 18.2 Å². The molecule has 1 aliphatic carbocycles. The number of carbonyl (C=O) groups excluding carboxylic acids is 2. The lowest BCUT2D eigenvalue weighted by atomic mass is 10.1. The van der Waals surface area contributed by atoms with E-state index in [2.05, 4.69) is 10.6 Å². The Morgan fingerprint density at radius 3 is 2.29 bits per heavy atom. The van der Waals surface area contributed by atoms with E-state index >= 15 is 0 Å². The summed E-state index contributed by atoms with van der Waals surface area (Å²) in [5, 5.41) is 5.79. The third-order valence-corrected chi connectivity index (χ3v) is 5.06. The first-order chi connectivity index (χ1) is 15.1. The van der Waals surface area contributed by atoms with Crippen molar-refractivity contribution in [3.8, 4) is 5.75 Å². The average molecular weight is 418 g/mol. The number of hydrogen-bond donors (Lipinski definition) is 2. The maximum Gasteiger partial charge on any atom is 0.255 e. The Labute approximate surface area is 180 Å². The third-order valence-electron chi connectivity index (χ3n) is 5.06. The number of ether oxygens (including phenoxy) is 1. The van der Waals surface area contributed by atoms with Crippen LogP contribution in [0.3, 0.4) is 0 Å². The molecular weight excluding hydrogens is 395 g/mol. The summed E-state index contributed by atoms with van der Waals surface area (Å²) in [6.45, 7) is 0.584. The average Bonchev–Trinajstić information content (AvgIpc) is 3.64. The fourth-order valence-electron chi connectivity index (χ4n) is 3.10. The minimum atomic E-state index is -0.304. The van der Waals surface area contributed by atoms with Crippen LogP contribution in [0.2, 0.25) is 0 Å². The summed E-state index contributed by atoms with van der Waals surface area (Å²) in [4.78, 5) is 24.5. The van der Waals surface area contributed by atoms with Crippen LogP contribution >= 0.6 is 0 Å². The second kappa shape index (κ2) is 9.43. The minimum absolute atomic E-state index is 0.0679. The highest BCUT2D eigenvalue weighted by Crippen LogP contribution is 2.30. The molecule has 1 fully saturated rings. The number of benzene rings is 3. The molecule has 0 bridgehead atoms. The van der Waals surface area contributed by atoms with E-state index in [-0.39, 0.29) is 30.2 Å². The van der Waals surface area contributed by atoms with Crippen LogP contribution in [0.25, 0.3) is 0 Å². The van der Waals surface area contributed by atoms with Crippen LogP contribution in [0, 0.1) is 11.7 Å². The molecule has 3 aromatic rings. The van der Waals surface area contributed by atoms with Crippen molar-refractivity contribution in [2.24, 2.45) is 5.92 Å². The quantitative estimate of drug-likeness (QED) is 0.558. The second-order valence-electron chi connectivity index (χ2n) is 7.55. The largest absolute Gasteiger partial charge is 0.488 e. The van der Waals surface area contributed by atoms with Crippen LogP contribution in [0.4, 0.5) is 10.1 Å². The van der Waals surface area contributed by atoms with Crippen molar-refractivity contribution in [2.45, 2.75) is 26.0 Å². The number of para-hydroxylation sites is 1. The molecule has 0 aliphatic heterocycles. The molecule has 0 radical (unpaired) electrons. The van der Waals surface area contributed by atoms with Gasteiger partial charge >= 0.3 is 0 Å². The normalized spacial score (nSPS) is 12.8. The second-order valence-corrected chi connectivity index (χ2v) is 7.55. The van der Waals surface area contributed by atoms with Gasteiger partial charge < -0.3 is 15.4 Å². The van der Waals surface area contributed by atoms with Gasteiger partial charge in [-0.25, -0.2) is 4.39 Å². The van der Waals surface area contributed by atoms with Crippen LogP contribution in [-0.4, -0.2) is 11.8 Å². The maximum absolute atomic E-state index is 13.0. The zero-order valence-corrected chi connectivity index (χ0v) is 16.9. The van der Waals surface area contributed by atoms with Crippen molar-refractivity contribution < 1.29 is 18.7 Å². The van der Waals surface area contributed by atoms with Crippen LogP contribution in [0.15, 0.2) is 72.8 Å². The van der Waals surface area contributed by atoms with Gasteiger partial charge in [0.25, 0.3) is 5.91 Å². The summed E-state index contributed by atoms with van der Waals surface area (Å²) in [6, 6.07) is 20.5. The van der Waals surface area contributed by atoms with E-state index in [1.54, 1.807) is 36.4 Å². The number of hydrogen-bond acceptors (Lipinski definition) is 3. The first kappa shape index (κ1) is 20.6. The molecule has 4 rings (SSSR count). The van der Waals surface area contributed by atoms with Crippen molar-refractivity contribution in [1.82, 2.24) is 5.32 Å². The highest BCUT2D eigenvalue weighted by atomic mass is 19.1. The standard InChI is InChI=1S/C25H23FN2O3/c26-20-11-5-18(6-12-20)16-31-23-4-2-1-3-22(23)25(30)27-15-17-7-13-21(14-8-17)28-24(29)19-9-10-19/h1-8,11-14,19H,9-10,15-16H2,(H,27,30)(H,28,29). The van der Waals surface area contributed by atoms with Crippen LogP contribution < -0.4 is 15.4 Å². The molecule has 1 aliphatic rings. The zero-order chi connectivity index (χ0) is 21.6. The molecule has 1 saturated carbocycles. The lowest BCUT2D eigenvalue weighted by molar-refractivity contribution is -0.117. The first-order valence-corrected chi connectivity index (χ1v) is 10.2. The predicted molar refractivity (Wildman–Crippen MR) is 116 cm³/mol. The van der Waals surface area contributed by atoms with Gasteiger partial charge in [0.15, 0.2) is 0 Å².